The van der Waals surface area contributed by atoms with Crippen molar-refractivity contribution in [1.82, 2.24) is 10.2 Å². The van der Waals surface area contributed by atoms with Crippen molar-refractivity contribution in [2.75, 3.05) is 32.7 Å². The van der Waals surface area contributed by atoms with E-state index in [0.29, 0.717) is 6.42 Å². The van der Waals surface area contributed by atoms with Gasteiger partial charge in [-0.2, -0.15) is 26.3 Å². The van der Waals surface area contributed by atoms with Gasteiger partial charge in [-0.05, 0) is 13.0 Å². The molecule has 0 saturated carbocycles. The molecule has 0 aromatic rings. The van der Waals surface area contributed by atoms with Crippen LogP contribution in [0, 0.1) is 0 Å². The molecule has 0 saturated heterocycles. The van der Waals surface area contributed by atoms with Crippen molar-refractivity contribution in [2.24, 2.45) is 0 Å². The molecule has 2 nitrogen and oxygen atoms in total. The van der Waals surface area contributed by atoms with Crippen LogP contribution in [0.5, 0.6) is 0 Å². The fourth-order valence-electron chi connectivity index (χ4n) is 1.31. The Kier molecular flexibility index (Phi) is 6.84. The molecular formula is C9H16F6N2. The number of nitrogens with zero attached hydrogens (tertiary/aromatic N) is 1. The molecule has 0 unspecified atom stereocenters. The van der Waals surface area contributed by atoms with E-state index in [9.17, 15) is 26.3 Å². The first-order valence-corrected chi connectivity index (χ1v) is 5.20. The minimum absolute atomic E-state index is 0.0522. The zero-order valence-corrected chi connectivity index (χ0v) is 9.46. The highest BCUT2D eigenvalue weighted by atomic mass is 19.4. The van der Waals surface area contributed by atoms with Crippen molar-refractivity contribution in [3.8, 4) is 0 Å². The Labute approximate surface area is 96.0 Å². The second kappa shape index (κ2) is 7.05. The molecule has 0 aromatic carbocycles. The molecule has 8 heteroatoms. The van der Waals surface area contributed by atoms with Crippen LogP contribution in [0.1, 0.15) is 13.3 Å². The number of hydrogen-bond acceptors (Lipinski definition) is 2. The summed E-state index contributed by atoms with van der Waals surface area (Å²) >= 11 is 0. The van der Waals surface area contributed by atoms with Crippen LogP contribution in [0.4, 0.5) is 26.3 Å². The molecule has 1 N–H and O–H groups in total. The normalized spacial score (nSPS) is 13.4. The Morgan fingerprint density at radius 2 is 1.53 bits per heavy atom. The molecule has 0 aliphatic rings. The van der Waals surface area contributed by atoms with Crippen LogP contribution >= 0.6 is 0 Å². The van der Waals surface area contributed by atoms with Gasteiger partial charge in [0.05, 0.1) is 13.1 Å². The van der Waals surface area contributed by atoms with Gasteiger partial charge in [-0.15, -0.1) is 0 Å². The standard InChI is InChI=1S/C9H16F6N2/c1-2-4-17(7-9(13,14)15)5-3-16-6-8(10,11)12/h16H,2-7H2,1H3. The number of hydrogen-bond donors (Lipinski definition) is 1. The van der Waals surface area contributed by atoms with Crippen LogP contribution in [-0.4, -0.2) is 50.0 Å². The third-order valence-electron chi connectivity index (χ3n) is 1.87. The third-order valence-corrected chi connectivity index (χ3v) is 1.87. The van der Waals surface area contributed by atoms with Gasteiger partial charge in [0.1, 0.15) is 0 Å². The summed E-state index contributed by atoms with van der Waals surface area (Å²) in [6.45, 7) is -0.508. The summed E-state index contributed by atoms with van der Waals surface area (Å²) in [5, 5.41) is 2.07. The van der Waals surface area contributed by atoms with Crippen molar-refractivity contribution in [1.29, 1.82) is 0 Å². The smallest absolute Gasteiger partial charge is 0.307 e. The summed E-state index contributed by atoms with van der Waals surface area (Å²) < 4.78 is 71.5. The SMILES string of the molecule is CCCN(CCNCC(F)(F)F)CC(F)(F)F. The fourth-order valence-corrected chi connectivity index (χ4v) is 1.31. The van der Waals surface area contributed by atoms with Crippen molar-refractivity contribution in [3.05, 3.63) is 0 Å². The predicted octanol–water partition coefficient (Wildman–Crippen LogP) is 2.41. The summed E-state index contributed by atoms with van der Waals surface area (Å²) in [6, 6.07) is 0. The quantitative estimate of drug-likeness (QED) is 0.562. The van der Waals surface area contributed by atoms with Crippen molar-refractivity contribution in [3.63, 3.8) is 0 Å². The van der Waals surface area contributed by atoms with Crippen LogP contribution in [0.25, 0.3) is 0 Å². The van der Waals surface area contributed by atoms with E-state index < -0.39 is 25.4 Å². The maximum Gasteiger partial charge on any atom is 0.401 e. The lowest BCUT2D eigenvalue weighted by atomic mass is 10.4. The molecular weight excluding hydrogens is 250 g/mol. The van der Waals surface area contributed by atoms with Crippen LogP contribution in [-0.2, 0) is 0 Å². The number of halogens is 6. The number of nitrogens with one attached hydrogen (secondary N) is 1. The molecule has 17 heavy (non-hydrogen) atoms. The van der Waals surface area contributed by atoms with Crippen molar-refractivity contribution < 1.29 is 26.3 Å². The van der Waals surface area contributed by atoms with E-state index in [0.717, 1.165) is 4.90 Å². The first kappa shape index (κ1) is 16.5. The number of alkyl halides is 6. The minimum atomic E-state index is -4.33. The molecule has 0 aliphatic carbocycles. The van der Waals surface area contributed by atoms with Gasteiger partial charge in [0.2, 0.25) is 0 Å². The second-order valence-corrected chi connectivity index (χ2v) is 3.68. The predicted molar refractivity (Wildman–Crippen MR) is 51.7 cm³/mol. The van der Waals surface area contributed by atoms with E-state index in [1.807, 2.05) is 0 Å². The lowest BCUT2D eigenvalue weighted by molar-refractivity contribution is -0.146. The van der Waals surface area contributed by atoms with Crippen molar-refractivity contribution >= 4 is 0 Å². The Bertz CT molecular complexity index is 201. The minimum Gasteiger partial charge on any atom is -0.307 e. The van der Waals surface area contributed by atoms with E-state index in [-0.39, 0.29) is 19.6 Å². The average Bonchev–Trinajstić information content (AvgIpc) is 2.08. The molecule has 0 aromatic heterocycles. The molecule has 0 fully saturated rings. The second-order valence-electron chi connectivity index (χ2n) is 3.68. The van der Waals surface area contributed by atoms with E-state index in [1.165, 1.54) is 0 Å². The van der Waals surface area contributed by atoms with Gasteiger partial charge < -0.3 is 5.32 Å². The summed E-state index contributed by atoms with van der Waals surface area (Å²) in [4.78, 5) is 1.09. The summed E-state index contributed by atoms with van der Waals surface area (Å²) in [6.07, 6.45) is -8.13. The molecule has 0 atom stereocenters. The van der Waals surface area contributed by atoms with Crippen LogP contribution in [0.2, 0.25) is 0 Å². The highest BCUT2D eigenvalue weighted by Gasteiger charge is 2.30. The van der Waals surface area contributed by atoms with Gasteiger partial charge in [-0.25, -0.2) is 0 Å². The lowest BCUT2D eigenvalue weighted by Gasteiger charge is -2.23. The monoisotopic (exact) mass is 266 g/mol. The van der Waals surface area contributed by atoms with Crippen LogP contribution in [0.15, 0.2) is 0 Å². The van der Waals surface area contributed by atoms with Gasteiger partial charge in [0.25, 0.3) is 0 Å². The van der Waals surface area contributed by atoms with E-state index in [1.54, 1.807) is 6.92 Å². The van der Waals surface area contributed by atoms with E-state index >= 15 is 0 Å². The van der Waals surface area contributed by atoms with Gasteiger partial charge in [-0.3, -0.25) is 4.90 Å². The Hall–Kier alpha value is -0.500. The van der Waals surface area contributed by atoms with Crippen molar-refractivity contribution in [2.45, 2.75) is 25.7 Å². The van der Waals surface area contributed by atoms with Crippen LogP contribution in [0.3, 0.4) is 0 Å². The van der Waals surface area contributed by atoms with Gasteiger partial charge in [-0.1, -0.05) is 6.92 Å². The first-order chi connectivity index (χ1) is 7.64. The highest BCUT2D eigenvalue weighted by Crippen LogP contribution is 2.16. The summed E-state index contributed by atoms with van der Waals surface area (Å²) in [7, 11) is 0. The molecule has 0 aliphatic heterocycles. The molecule has 104 valence electrons. The van der Waals surface area contributed by atoms with E-state index in [2.05, 4.69) is 5.32 Å². The maximum atomic E-state index is 12.1. The zero-order valence-electron chi connectivity index (χ0n) is 9.46. The largest absolute Gasteiger partial charge is 0.401 e. The Morgan fingerprint density at radius 3 is 1.94 bits per heavy atom. The molecule has 0 radical (unpaired) electrons. The summed E-state index contributed by atoms with van der Waals surface area (Å²) in [5.74, 6) is 0. The fraction of sp³-hybridized carbons (Fsp3) is 1.00. The summed E-state index contributed by atoms with van der Waals surface area (Å²) in [5.41, 5.74) is 0. The molecule has 0 amide bonds. The maximum absolute atomic E-state index is 12.1. The zero-order chi connectivity index (χ0) is 13.5. The molecule has 0 spiro atoms. The van der Waals surface area contributed by atoms with E-state index in [4.69, 9.17) is 0 Å². The molecule has 0 bridgehead atoms. The number of rotatable bonds is 7. The average molecular weight is 266 g/mol. The topological polar surface area (TPSA) is 15.3 Å². The Morgan fingerprint density at radius 1 is 0.941 bits per heavy atom. The third kappa shape index (κ3) is 11.8. The Balaban J connectivity index is 3.85. The lowest BCUT2D eigenvalue weighted by Crippen LogP contribution is -2.40. The molecule has 0 heterocycles. The van der Waals surface area contributed by atoms with Gasteiger partial charge in [0.15, 0.2) is 0 Å². The van der Waals surface area contributed by atoms with Gasteiger partial charge >= 0.3 is 12.4 Å². The van der Waals surface area contributed by atoms with Gasteiger partial charge in [0, 0.05) is 13.1 Å². The molecule has 0 rings (SSSR count). The first-order valence-electron chi connectivity index (χ1n) is 5.20. The highest BCUT2D eigenvalue weighted by molar-refractivity contribution is 4.65. The van der Waals surface area contributed by atoms with Crippen LogP contribution < -0.4 is 5.32 Å².